The fourth-order valence-corrected chi connectivity index (χ4v) is 5.41. The molecule has 1 saturated heterocycles. The van der Waals surface area contributed by atoms with Gasteiger partial charge in [0.2, 0.25) is 10.0 Å². The molecule has 0 spiro atoms. The summed E-state index contributed by atoms with van der Waals surface area (Å²) < 4.78 is 25.8. The fourth-order valence-electron chi connectivity index (χ4n) is 2.16. The van der Waals surface area contributed by atoms with Crippen molar-refractivity contribution in [3.05, 3.63) is 10.6 Å². The molecule has 1 aromatic heterocycles. The standard InChI is InChI=1S/C12H20N2O2S3/c1-9-10(2)18-12(13-9)17-8-11-5-4-6-14(7-11)19(3,15)16/h11H,4-8H2,1-3H3/t11-/m1/s1. The zero-order chi connectivity index (χ0) is 14.0. The first-order chi connectivity index (χ1) is 8.86. The number of rotatable bonds is 4. The van der Waals surface area contributed by atoms with Gasteiger partial charge in [0.25, 0.3) is 0 Å². The number of aryl methyl sites for hydroxylation is 2. The third-order valence-corrected chi connectivity index (χ3v) is 7.12. The van der Waals surface area contributed by atoms with Crippen molar-refractivity contribution in [2.75, 3.05) is 25.1 Å². The second kappa shape index (κ2) is 6.11. The lowest BCUT2D eigenvalue weighted by molar-refractivity contribution is 0.286. The summed E-state index contributed by atoms with van der Waals surface area (Å²) in [5.74, 6) is 1.40. The van der Waals surface area contributed by atoms with Gasteiger partial charge in [-0.1, -0.05) is 11.8 Å². The molecule has 2 rings (SSSR count). The fraction of sp³-hybridized carbons (Fsp3) is 0.750. The third kappa shape index (κ3) is 4.18. The summed E-state index contributed by atoms with van der Waals surface area (Å²) in [5.41, 5.74) is 1.11. The summed E-state index contributed by atoms with van der Waals surface area (Å²) >= 11 is 3.49. The molecule has 1 aromatic rings. The highest BCUT2D eigenvalue weighted by atomic mass is 32.2. The number of thioether (sulfide) groups is 1. The van der Waals surface area contributed by atoms with E-state index in [0.29, 0.717) is 19.0 Å². The van der Waals surface area contributed by atoms with Crippen LogP contribution in [-0.4, -0.2) is 42.8 Å². The van der Waals surface area contributed by atoms with E-state index in [1.807, 2.05) is 6.92 Å². The van der Waals surface area contributed by atoms with Crippen LogP contribution in [0.15, 0.2) is 4.34 Å². The number of hydrogen-bond acceptors (Lipinski definition) is 5. The Morgan fingerprint density at radius 2 is 2.21 bits per heavy atom. The highest BCUT2D eigenvalue weighted by Crippen LogP contribution is 2.30. The van der Waals surface area contributed by atoms with Gasteiger partial charge in [-0.3, -0.25) is 0 Å². The van der Waals surface area contributed by atoms with Gasteiger partial charge in [0.15, 0.2) is 0 Å². The number of aromatic nitrogens is 1. The van der Waals surface area contributed by atoms with Crippen LogP contribution in [0, 0.1) is 19.8 Å². The van der Waals surface area contributed by atoms with Crippen LogP contribution in [0.4, 0.5) is 0 Å². The molecule has 1 fully saturated rings. The van der Waals surface area contributed by atoms with Crippen molar-refractivity contribution in [3.8, 4) is 0 Å². The van der Waals surface area contributed by atoms with Crippen molar-refractivity contribution in [1.82, 2.24) is 9.29 Å². The lowest BCUT2D eigenvalue weighted by Crippen LogP contribution is -2.39. The quantitative estimate of drug-likeness (QED) is 0.800. The van der Waals surface area contributed by atoms with E-state index in [0.717, 1.165) is 28.6 Å². The average Bonchev–Trinajstić information content (AvgIpc) is 2.66. The van der Waals surface area contributed by atoms with Crippen molar-refractivity contribution in [2.45, 2.75) is 31.0 Å². The van der Waals surface area contributed by atoms with Gasteiger partial charge in [0, 0.05) is 23.7 Å². The first-order valence-corrected chi connectivity index (χ1v) is 10.0. The molecule has 0 unspecified atom stereocenters. The van der Waals surface area contributed by atoms with Gasteiger partial charge in [-0.15, -0.1) is 11.3 Å². The summed E-state index contributed by atoms with van der Waals surface area (Å²) in [5, 5.41) is 0. The normalized spacial score (nSPS) is 21.7. The topological polar surface area (TPSA) is 50.3 Å². The highest BCUT2D eigenvalue weighted by molar-refractivity contribution is 8.01. The molecule has 1 atom stereocenters. The Labute approximate surface area is 123 Å². The smallest absolute Gasteiger partial charge is 0.211 e. The van der Waals surface area contributed by atoms with Crippen molar-refractivity contribution in [3.63, 3.8) is 0 Å². The van der Waals surface area contributed by atoms with Crippen LogP contribution in [0.5, 0.6) is 0 Å². The third-order valence-electron chi connectivity index (χ3n) is 3.40. The molecule has 0 N–H and O–H groups in total. The number of nitrogens with zero attached hydrogens (tertiary/aromatic N) is 2. The van der Waals surface area contributed by atoms with Crippen molar-refractivity contribution < 1.29 is 8.42 Å². The summed E-state index contributed by atoms with van der Waals surface area (Å²) in [7, 11) is -3.03. The molecule has 7 heteroatoms. The Kier molecular flexibility index (Phi) is 4.92. The summed E-state index contributed by atoms with van der Waals surface area (Å²) in [6.07, 6.45) is 3.38. The van der Waals surface area contributed by atoms with E-state index in [1.54, 1.807) is 27.4 Å². The predicted molar refractivity (Wildman–Crippen MR) is 81.5 cm³/mol. The molecule has 2 heterocycles. The monoisotopic (exact) mass is 320 g/mol. The molecule has 108 valence electrons. The second-order valence-corrected chi connectivity index (χ2v) is 9.51. The maximum Gasteiger partial charge on any atom is 0.211 e. The summed E-state index contributed by atoms with van der Waals surface area (Å²) in [4.78, 5) is 5.78. The second-order valence-electron chi connectivity index (χ2n) is 5.06. The highest BCUT2D eigenvalue weighted by Gasteiger charge is 2.26. The van der Waals surface area contributed by atoms with Gasteiger partial charge < -0.3 is 0 Å². The first-order valence-electron chi connectivity index (χ1n) is 6.38. The predicted octanol–water partition coefficient (Wildman–Crippen LogP) is 2.52. The van der Waals surface area contributed by atoms with E-state index in [9.17, 15) is 8.42 Å². The van der Waals surface area contributed by atoms with E-state index >= 15 is 0 Å². The van der Waals surface area contributed by atoms with Gasteiger partial charge >= 0.3 is 0 Å². The van der Waals surface area contributed by atoms with Crippen molar-refractivity contribution in [2.24, 2.45) is 5.92 Å². The molecule has 19 heavy (non-hydrogen) atoms. The molecule has 1 aliphatic heterocycles. The molecule has 0 aliphatic carbocycles. The van der Waals surface area contributed by atoms with Gasteiger partial charge in [0.05, 0.1) is 11.9 Å². The molecule has 0 saturated carbocycles. The van der Waals surface area contributed by atoms with E-state index in [-0.39, 0.29) is 0 Å². The molecular weight excluding hydrogens is 300 g/mol. The molecular formula is C12H20N2O2S3. The average molecular weight is 321 g/mol. The minimum absolute atomic E-state index is 0.443. The van der Waals surface area contributed by atoms with E-state index in [1.165, 1.54) is 11.1 Å². The molecule has 0 amide bonds. The lowest BCUT2D eigenvalue weighted by atomic mass is 10.0. The van der Waals surface area contributed by atoms with Crippen LogP contribution in [0.25, 0.3) is 0 Å². The maximum absolute atomic E-state index is 11.6. The van der Waals surface area contributed by atoms with Gasteiger partial charge in [0.1, 0.15) is 4.34 Å². The summed E-state index contributed by atoms with van der Waals surface area (Å²) in [6, 6.07) is 0. The van der Waals surface area contributed by atoms with Crippen molar-refractivity contribution in [1.29, 1.82) is 0 Å². The molecule has 0 radical (unpaired) electrons. The van der Waals surface area contributed by atoms with Gasteiger partial charge in [-0.25, -0.2) is 17.7 Å². The Bertz CT molecular complexity index is 520. The number of thiazole rings is 1. The number of piperidine rings is 1. The molecule has 4 nitrogen and oxygen atoms in total. The van der Waals surface area contributed by atoms with Crippen LogP contribution < -0.4 is 0 Å². The molecule has 0 bridgehead atoms. The summed E-state index contributed by atoms with van der Waals surface area (Å²) in [6.45, 7) is 5.45. The van der Waals surface area contributed by atoms with Crippen LogP contribution in [0.3, 0.4) is 0 Å². The van der Waals surface area contributed by atoms with E-state index < -0.39 is 10.0 Å². The molecule has 0 aromatic carbocycles. The zero-order valence-electron chi connectivity index (χ0n) is 11.5. The Balaban J connectivity index is 1.89. The Morgan fingerprint density at radius 1 is 1.47 bits per heavy atom. The van der Waals surface area contributed by atoms with E-state index in [4.69, 9.17) is 0 Å². The Hall–Kier alpha value is -0.110. The minimum Gasteiger partial charge on any atom is -0.235 e. The van der Waals surface area contributed by atoms with E-state index in [2.05, 4.69) is 11.9 Å². The first kappa shape index (κ1) is 15.3. The Morgan fingerprint density at radius 3 is 2.79 bits per heavy atom. The van der Waals surface area contributed by atoms with Gasteiger partial charge in [-0.2, -0.15) is 0 Å². The maximum atomic E-state index is 11.6. The van der Waals surface area contributed by atoms with Crippen LogP contribution in [0.1, 0.15) is 23.4 Å². The van der Waals surface area contributed by atoms with Crippen molar-refractivity contribution >= 4 is 33.1 Å². The SMILES string of the molecule is Cc1nc(SC[C@@H]2CCCN(S(C)(=O)=O)C2)sc1C. The largest absolute Gasteiger partial charge is 0.235 e. The number of hydrogen-bond donors (Lipinski definition) is 0. The van der Waals surface area contributed by atoms with Crippen LogP contribution >= 0.6 is 23.1 Å². The zero-order valence-corrected chi connectivity index (χ0v) is 14.0. The molecule has 1 aliphatic rings. The lowest BCUT2D eigenvalue weighted by Gasteiger charge is -2.30. The number of sulfonamides is 1. The van der Waals surface area contributed by atoms with Crippen LogP contribution in [0.2, 0.25) is 0 Å². The minimum atomic E-state index is -3.03. The van der Waals surface area contributed by atoms with Gasteiger partial charge in [-0.05, 0) is 32.6 Å². The van der Waals surface area contributed by atoms with Crippen LogP contribution in [-0.2, 0) is 10.0 Å².